The van der Waals surface area contributed by atoms with Crippen LogP contribution >= 0.6 is 0 Å². The van der Waals surface area contributed by atoms with E-state index in [-0.39, 0.29) is 0 Å². The first-order chi connectivity index (χ1) is 9.17. The van der Waals surface area contributed by atoms with Crippen LogP contribution in [0, 0.1) is 0 Å². The van der Waals surface area contributed by atoms with Crippen molar-refractivity contribution in [3.63, 3.8) is 0 Å². The molecule has 5 N–H and O–H groups in total. The van der Waals surface area contributed by atoms with Gasteiger partial charge in [0.15, 0.2) is 6.10 Å². The van der Waals surface area contributed by atoms with Crippen LogP contribution in [-0.4, -0.2) is 48.4 Å². The van der Waals surface area contributed by atoms with Crippen LogP contribution < -0.4 is 16.4 Å². The molecule has 0 aromatic heterocycles. The number of hydrogen-bond donors (Lipinski definition) is 4. The summed E-state index contributed by atoms with van der Waals surface area (Å²) in [6.45, 7) is 6.03. The summed E-state index contributed by atoms with van der Waals surface area (Å²) in [6.07, 6.45) is -0.0287. The number of ether oxygens (including phenoxy) is 1. The Morgan fingerprint density at radius 1 is 1.30 bits per heavy atom. The van der Waals surface area contributed by atoms with Crippen LogP contribution in [0.1, 0.15) is 40.0 Å². The maximum absolute atomic E-state index is 11.7. The van der Waals surface area contributed by atoms with Crippen molar-refractivity contribution in [1.82, 2.24) is 10.6 Å². The van der Waals surface area contributed by atoms with E-state index in [0.29, 0.717) is 6.42 Å². The number of nitrogens with one attached hydrogen (secondary N) is 2. The fraction of sp³-hybridized carbons (Fsp3) is 0.846. The second-order valence-corrected chi connectivity index (χ2v) is 5.70. The first-order valence-corrected chi connectivity index (χ1v) is 6.79. The van der Waals surface area contributed by atoms with E-state index in [9.17, 15) is 14.7 Å². The van der Waals surface area contributed by atoms with Gasteiger partial charge in [-0.25, -0.2) is 4.79 Å². The van der Waals surface area contributed by atoms with Gasteiger partial charge in [-0.3, -0.25) is 4.79 Å². The average Bonchev–Trinajstić information content (AvgIpc) is 2.29. The molecule has 0 spiro atoms. The lowest BCUT2D eigenvalue weighted by atomic mass is 10.0. The summed E-state index contributed by atoms with van der Waals surface area (Å²) in [6, 6.07) is -0.737. The van der Waals surface area contributed by atoms with Gasteiger partial charge in [0.25, 0.3) is 0 Å². The molecule has 0 heterocycles. The lowest BCUT2D eigenvalue weighted by Crippen LogP contribution is -2.50. The van der Waals surface area contributed by atoms with Crippen molar-refractivity contribution in [3.05, 3.63) is 0 Å². The van der Waals surface area contributed by atoms with E-state index in [1.165, 1.54) is 0 Å². The van der Waals surface area contributed by atoms with Gasteiger partial charge < -0.3 is 26.2 Å². The topological polar surface area (TPSA) is 114 Å². The van der Waals surface area contributed by atoms with Crippen molar-refractivity contribution >= 4 is 12.0 Å². The van der Waals surface area contributed by atoms with Crippen molar-refractivity contribution in [2.24, 2.45) is 5.73 Å². The molecular formula is C13H27N3O4. The van der Waals surface area contributed by atoms with Gasteiger partial charge in [0, 0.05) is 0 Å². The molecule has 2 amide bonds. The molecule has 0 aliphatic rings. The molecule has 0 saturated heterocycles. The molecule has 0 aliphatic heterocycles. The molecule has 7 nitrogen and oxygen atoms in total. The van der Waals surface area contributed by atoms with E-state index in [0.717, 1.165) is 19.4 Å². The maximum Gasteiger partial charge on any atom is 0.407 e. The Hall–Kier alpha value is -1.34. The quantitative estimate of drug-likeness (QED) is 0.474. The highest BCUT2D eigenvalue weighted by atomic mass is 16.6. The zero-order valence-electron chi connectivity index (χ0n) is 12.7. The molecule has 0 bridgehead atoms. The molecule has 0 radical (unpaired) electrons. The molecule has 2 atom stereocenters. The molecule has 0 fully saturated rings. The number of alkyl carbamates (subject to hydrolysis) is 1. The number of carbonyl (C=O) groups excluding carboxylic acids is 2. The smallest absolute Gasteiger partial charge is 0.407 e. The Labute approximate surface area is 120 Å². The molecule has 0 aliphatic carbocycles. The maximum atomic E-state index is 11.7. The van der Waals surface area contributed by atoms with Gasteiger partial charge in [0.1, 0.15) is 5.60 Å². The van der Waals surface area contributed by atoms with Gasteiger partial charge in [0.2, 0.25) is 5.91 Å². The molecule has 118 valence electrons. The lowest BCUT2D eigenvalue weighted by molar-refractivity contribution is -0.127. The highest BCUT2D eigenvalue weighted by molar-refractivity contribution is 5.80. The van der Waals surface area contributed by atoms with Crippen molar-refractivity contribution in [2.45, 2.75) is 57.8 Å². The van der Waals surface area contributed by atoms with Crippen molar-refractivity contribution in [2.75, 3.05) is 13.6 Å². The molecule has 0 aromatic carbocycles. The number of primary amides is 1. The lowest BCUT2D eigenvalue weighted by Gasteiger charge is -2.25. The fourth-order valence-electron chi connectivity index (χ4n) is 1.63. The van der Waals surface area contributed by atoms with Gasteiger partial charge in [-0.2, -0.15) is 0 Å². The van der Waals surface area contributed by atoms with Crippen LogP contribution in [0.2, 0.25) is 0 Å². The number of nitrogens with two attached hydrogens (primary N) is 1. The molecule has 0 rings (SSSR count). The van der Waals surface area contributed by atoms with E-state index in [2.05, 4.69) is 10.6 Å². The van der Waals surface area contributed by atoms with Crippen LogP contribution in [0.4, 0.5) is 4.79 Å². The first kappa shape index (κ1) is 18.7. The van der Waals surface area contributed by atoms with Gasteiger partial charge in [0.05, 0.1) is 6.04 Å². The second kappa shape index (κ2) is 8.76. The summed E-state index contributed by atoms with van der Waals surface area (Å²) < 4.78 is 5.10. The fourth-order valence-corrected chi connectivity index (χ4v) is 1.63. The third kappa shape index (κ3) is 8.71. The Kier molecular flexibility index (Phi) is 8.17. The van der Waals surface area contributed by atoms with Crippen LogP contribution in [0.15, 0.2) is 0 Å². The van der Waals surface area contributed by atoms with E-state index in [1.807, 2.05) is 7.05 Å². The van der Waals surface area contributed by atoms with E-state index >= 15 is 0 Å². The summed E-state index contributed by atoms with van der Waals surface area (Å²) in [5.74, 6) is -0.861. The highest BCUT2D eigenvalue weighted by Crippen LogP contribution is 2.10. The van der Waals surface area contributed by atoms with Gasteiger partial charge in [-0.1, -0.05) is 6.42 Å². The third-order valence-corrected chi connectivity index (χ3v) is 2.57. The predicted octanol–water partition coefficient (Wildman–Crippen LogP) is 0.116. The Balaban J connectivity index is 4.45. The Morgan fingerprint density at radius 3 is 2.35 bits per heavy atom. The Morgan fingerprint density at radius 2 is 1.90 bits per heavy atom. The number of carbonyl (C=O) groups is 2. The zero-order valence-corrected chi connectivity index (χ0v) is 12.7. The summed E-state index contributed by atoms with van der Waals surface area (Å²) in [4.78, 5) is 22.7. The van der Waals surface area contributed by atoms with E-state index in [4.69, 9.17) is 10.5 Å². The minimum Gasteiger partial charge on any atom is -0.444 e. The monoisotopic (exact) mass is 289 g/mol. The van der Waals surface area contributed by atoms with Gasteiger partial charge in [-0.05, 0) is 47.2 Å². The largest absolute Gasteiger partial charge is 0.444 e. The standard InChI is InChI=1S/C13H27N3O4/c1-13(2,3)20-12(19)16-9(10(17)11(14)18)7-5-6-8-15-4/h9-10,15,17H,5-8H2,1-4H3,(H2,14,18)(H,16,19)/t9-,10?/m0/s1. The summed E-state index contributed by atoms with van der Waals surface area (Å²) in [7, 11) is 1.84. The van der Waals surface area contributed by atoms with Crippen molar-refractivity contribution in [3.8, 4) is 0 Å². The normalized spacial score (nSPS) is 14.4. The Bertz CT molecular complexity index is 315. The van der Waals surface area contributed by atoms with Gasteiger partial charge in [-0.15, -0.1) is 0 Å². The molecule has 1 unspecified atom stereocenters. The summed E-state index contributed by atoms with van der Waals surface area (Å²) in [5, 5.41) is 15.2. The molecule has 0 saturated carbocycles. The molecule has 20 heavy (non-hydrogen) atoms. The number of aliphatic hydroxyl groups is 1. The van der Waals surface area contributed by atoms with Crippen LogP contribution in [0.3, 0.4) is 0 Å². The first-order valence-electron chi connectivity index (χ1n) is 6.79. The van der Waals surface area contributed by atoms with E-state index < -0.39 is 29.7 Å². The third-order valence-electron chi connectivity index (χ3n) is 2.57. The van der Waals surface area contributed by atoms with Crippen molar-refractivity contribution in [1.29, 1.82) is 0 Å². The number of amides is 2. The number of rotatable bonds is 8. The minimum atomic E-state index is -1.42. The van der Waals surface area contributed by atoms with Crippen molar-refractivity contribution < 1.29 is 19.4 Å². The highest BCUT2D eigenvalue weighted by Gasteiger charge is 2.27. The second-order valence-electron chi connectivity index (χ2n) is 5.70. The zero-order chi connectivity index (χ0) is 15.8. The van der Waals surface area contributed by atoms with Crippen LogP contribution in [0.25, 0.3) is 0 Å². The van der Waals surface area contributed by atoms with E-state index in [1.54, 1.807) is 20.8 Å². The predicted molar refractivity (Wildman–Crippen MR) is 76.1 cm³/mol. The summed E-state index contributed by atoms with van der Waals surface area (Å²) in [5.41, 5.74) is 4.44. The molecule has 0 aromatic rings. The average molecular weight is 289 g/mol. The molecular weight excluding hydrogens is 262 g/mol. The molecule has 7 heteroatoms. The number of hydrogen-bond acceptors (Lipinski definition) is 5. The van der Waals surface area contributed by atoms with Gasteiger partial charge >= 0.3 is 6.09 Å². The number of unbranched alkanes of at least 4 members (excludes halogenated alkanes) is 1. The van der Waals surface area contributed by atoms with Crippen LogP contribution in [-0.2, 0) is 9.53 Å². The SMILES string of the molecule is CNCCCC[C@H](NC(=O)OC(C)(C)C)C(O)C(N)=O. The number of aliphatic hydroxyl groups excluding tert-OH is 1. The summed E-state index contributed by atoms with van der Waals surface area (Å²) >= 11 is 0. The van der Waals surface area contributed by atoms with Crippen LogP contribution in [0.5, 0.6) is 0 Å². The minimum absolute atomic E-state index is 0.449.